The molecule has 0 saturated heterocycles. The first-order chi connectivity index (χ1) is 12.3. The Labute approximate surface area is 153 Å². The fraction of sp³-hybridized carbons (Fsp3) is 0.727. The number of rotatable bonds is 7. The number of benzene rings is 1. The van der Waals surface area contributed by atoms with Gasteiger partial charge in [0.15, 0.2) is 0 Å². The van der Waals surface area contributed by atoms with Crippen LogP contribution in [0.5, 0.6) is 5.75 Å². The largest absolute Gasteiger partial charge is 0.490 e. The lowest BCUT2D eigenvalue weighted by molar-refractivity contribution is 0.0977. The standard InChI is InChI=1S/C22H36N2O/c1-24(16-15-23)17-20-9-5-6-10-22(20)25-21-13-11-19(12-14-21)18-7-3-2-4-8-18/h5-6,9-10,18-19,21H,2-4,7-8,11-17,23H2,1H3. The molecule has 0 atom stereocenters. The predicted octanol–water partition coefficient (Wildman–Crippen LogP) is 4.60. The van der Waals surface area contributed by atoms with E-state index in [0.717, 1.165) is 30.7 Å². The van der Waals surface area contributed by atoms with Gasteiger partial charge in [0.1, 0.15) is 5.75 Å². The van der Waals surface area contributed by atoms with Crippen LogP contribution in [0.3, 0.4) is 0 Å². The molecule has 0 bridgehead atoms. The molecule has 2 fully saturated rings. The Morgan fingerprint density at radius 2 is 1.64 bits per heavy atom. The lowest BCUT2D eigenvalue weighted by Crippen LogP contribution is -2.29. The lowest BCUT2D eigenvalue weighted by atomic mass is 9.73. The molecule has 0 unspecified atom stereocenters. The third-order valence-corrected chi connectivity index (χ3v) is 6.25. The second kappa shape index (κ2) is 9.59. The molecule has 3 heteroatoms. The zero-order valence-corrected chi connectivity index (χ0v) is 16.0. The summed E-state index contributed by atoms with van der Waals surface area (Å²) in [5.74, 6) is 3.05. The molecular weight excluding hydrogens is 308 g/mol. The summed E-state index contributed by atoms with van der Waals surface area (Å²) in [5, 5.41) is 0. The van der Waals surface area contributed by atoms with Crippen LogP contribution in [0, 0.1) is 11.8 Å². The summed E-state index contributed by atoms with van der Waals surface area (Å²) < 4.78 is 6.44. The molecule has 0 spiro atoms. The van der Waals surface area contributed by atoms with E-state index >= 15 is 0 Å². The van der Waals surface area contributed by atoms with E-state index in [1.165, 1.54) is 63.4 Å². The number of hydrogen-bond donors (Lipinski definition) is 1. The maximum atomic E-state index is 6.44. The van der Waals surface area contributed by atoms with Crippen LogP contribution in [0.25, 0.3) is 0 Å². The van der Waals surface area contributed by atoms with Gasteiger partial charge in [-0.25, -0.2) is 0 Å². The molecule has 3 nitrogen and oxygen atoms in total. The van der Waals surface area contributed by atoms with Crippen LogP contribution in [-0.2, 0) is 6.54 Å². The van der Waals surface area contributed by atoms with Crippen LogP contribution in [0.1, 0.15) is 63.4 Å². The molecule has 140 valence electrons. The van der Waals surface area contributed by atoms with E-state index in [-0.39, 0.29) is 0 Å². The average Bonchev–Trinajstić information content (AvgIpc) is 2.65. The molecule has 2 aliphatic rings. The Morgan fingerprint density at radius 3 is 2.36 bits per heavy atom. The maximum absolute atomic E-state index is 6.44. The van der Waals surface area contributed by atoms with Crippen molar-refractivity contribution in [3.63, 3.8) is 0 Å². The fourth-order valence-corrected chi connectivity index (χ4v) is 4.80. The highest BCUT2D eigenvalue weighted by atomic mass is 16.5. The molecule has 0 aromatic heterocycles. The van der Waals surface area contributed by atoms with E-state index in [1.54, 1.807) is 0 Å². The van der Waals surface area contributed by atoms with Crippen molar-refractivity contribution in [2.75, 3.05) is 20.1 Å². The molecule has 1 aromatic rings. The molecular formula is C22H36N2O. The number of nitrogens with zero attached hydrogens (tertiary/aromatic N) is 1. The Hall–Kier alpha value is -1.06. The molecule has 0 radical (unpaired) electrons. The van der Waals surface area contributed by atoms with Crippen molar-refractivity contribution in [1.82, 2.24) is 4.90 Å². The van der Waals surface area contributed by atoms with Crippen molar-refractivity contribution in [3.8, 4) is 5.75 Å². The Kier molecular flexibility index (Phi) is 7.18. The summed E-state index contributed by atoms with van der Waals surface area (Å²) in [5.41, 5.74) is 6.96. The van der Waals surface area contributed by atoms with E-state index in [4.69, 9.17) is 10.5 Å². The van der Waals surface area contributed by atoms with Gasteiger partial charge in [-0.2, -0.15) is 0 Å². The quantitative estimate of drug-likeness (QED) is 0.786. The second-order valence-corrected chi connectivity index (χ2v) is 8.19. The van der Waals surface area contributed by atoms with Gasteiger partial charge in [-0.15, -0.1) is 0 Å². The second-order valence-electron chi connectivity index (χ2n) is 8.19. The fourth-order valence-electron chi connectivity index (χ4n) is 4.80. The van der Waals surface area contributed by atoms with E-state index < -0.39 is 0 Å². The molecule has 2 aliphatic carbocycles. The third-order valence-electron chi connectivity index (χ3n) is 6.25. The third kappa shape index (κ3) is 5.46. The number of ether oxygens (including phenoxy) is 1. The van der Waals surface area contributed by atoms with Gasteiger partial charge in [-0.05, 0) is 50.6 Å². The molecule has 2 N–H and O–H groups in total. The van der Waals surface area contributed by atoms with Crippen LogP contribution in [-0.4, -0.2) is 31.1 Å². The van der Waals surface area contributed by atoms with Gasteiger partial charge in [0, 0.05) is 25.2 Å². The van der Waals surface area contributed by atoms with Crippen LogP contribution < -0.4 is 10.5 Å². The zero-order valence-electron chi connectivity index (χ0n) is 16.0. The van der Waals surface area contributed by atoms with Crippen LogP contribution >= 0.6 is 0 Å². The number of para-hydroxylation sites is 1. The van der Waals surface area contributed by atoms with Crippen LogP contribution in [0.4, 0.5) is 0 Å². The molecule has 25 heavy (non-hydrogen) atoms. The Morgan fingerprint density at radius 1 is 0.960 bits per heavy atom. The van der Waals surface area contributed by atoms with Crippen molar-refractivity contribution in [1.29, 1.82) is 0 Å². The van der Waals surface area contributed by atoms with Gasteiger partial charge >= 0.3 is 0 Å². The number of hydrogen-bond acceptors (Lipinski definition) is 3. The molecule has 0 aliphatic heterocycles. The minimum absolute atomic E-state index is 0.404. The molecule has 2 saturated carbocycles. The van der Waals surface area contributed by atoms with E-state index in [9.17, 15) is 0 Å². The van der Waals surface area contributed by atoms with Crippen LogP contribution in [0.2, 0.25) is 0 Å². The molecule has 0 heterocycles. The Bertz CT molecular complexity index is 505. The highest BCUT2D eigenvalue weighted by Gasteiger charge is 2.29. The van der Waals surface area contributed by atoms with Gasteiger partial charge in [-0.3, -0.25) is 0 Å². The van der Waals surface area contributed by atoms with E-state index in [0.29, 0.717) is 12.6 Å². The summed E-state index contributed by atoms with van der Waals surface area (Å²) in [6.07, 6.45) is 12.9. The summed E-state index contributed by atoms with van der Waals surface area (Å²) in [6, 6.07) is 8.53. The first kappa shape index (κ1) is 18.7. The van der Waals surface area contributed by atoms with Gasteiger partial charge < -0.3 is 15.4 Å². The predicted molar refractivity (Wildman–Crippen MR) is 105 cm³/mol. The highest BCUT2D eigenvalue weighted by Crippen LogP contribution is 2.39. The maximum Gasteiger partial charge on any atom is 0.124 e. The summed E-state index contributed by atoms with van der Waals surface area (Å²) >= 11 is 0. The minimum atomic E-state index is 0.404. The van der Waals surface area contributed by atoms with Crippen molar-refractivity contribution >= 4 is 0 Å². The number of nitrogens with two attached hydrogens (primary N) is 1. The zero-order chi connectivity index (χ0) is 17.5. The molecule has 3 rings (SSSR count). The van der Waals surface area contributed by atoms with E-state index in [1.807, 2.05) is 0 Å². The first-order valence-corrected chi connectivity index (χ1v) is 10.4. The van der Waals surface area contributed by atoms with Crippen molar-refractivity contribution in [2.45, 2.75) is 70.4 Å². The van der Waals surface area contributed by atoms with Crippen molar-refractivity contribution < 1.29 is 4.74 Å². The minimum Gasteiger partial charge on any atom is -0.490 e. The average molecular weight is 345 g/mol. The summed E-state index contributed by atoms with van der Waals surface area (Å²) in [4.78, 5) is 2.27. The topological polar surface area (TPSA) is 38.5 Å². The lowest BCUT2D eigenvalue weighted by Gasteiger charge is -2.36. The highest BCUT2D eigenvalue weighted by molar-refractivity contribution is 5.33. The smallest absolute Gasteiger partial charge is 0.124 e. The summed E-state index contributed by atoms with van der Waals surface area (Å²) in [7, 11) is 2.12. The summed E-state index contributed by atoms with van der Waals surface area (Å²) in [6.45, 7) is 2.52. The number of likely N-dealkylation sites (N-methyl/N-ethyl adjacent to an activating group) is 1. The monoisotopic (exact) mass is 344 g/mol. The Balaban J connectivity index is 1.51. The van der Waals surface area contributed by atoms with Crippen molar-refractivity contribution in [2.24, 2.45) is 17.6 Å². The van der Waals surface area contributed by atoms with E-state index in [2.05, 4.69) is 36.2 Å². The molecule has 0 amide bonds. The van der Waals surface area contributed by atoms with Gasteiger partial charge in [0.05, 0.1) is 6.10 Å². The van der Waals surface area contributed by atoms with Gasteiger partial charge in [0.25, 0.3) is 0 Å². The van der Waals surface area contributed by atoms with Crippen LogP contribution in [0.15, 0.2) is 24.3 Å². The SMILES string of the molecule is CN(CCN)Cc1ccccc1OC1CCC(C2CCCCC2)CC1. The van der Waals surface area contributed by atoms with Crippen molar-refractivity contribution in [3.05, 3.63) is 29.8 Å². The van der Waals surface area contributed by atoms with Gasteiger partial charge in [0.2, 0.25) is 0 Å². The molecule has 1 aromatic carbocycles. The first-order valence-electron chi connectivity index (χ1n) is 10.4. The van der Waals surface area contributed by atoms with Gasteiger partial charge in [-0.1, -0.05) is 50.3 Å². The normalized spacial score (nSPS) is 25.2.